The van der Waals surface area contributed by atoms with Crippen LogP contribution in [0, 0.1) is 0 Å². The predicted molar refractivity (Wildman–Crippen MR) is 69.4 cm³/mol. The fraction of sp³-hybridized carbons (Fsp3) is 0.923. The molecule has 0 amide bonds. The minimum atomic E-state index is -4.22. The molecule has 0 aromatic rings. The Kier molecular flexibility index (Phi) is 8.12. The van der Waals surface area contributed by atoms with Crippen LogP contribution in [0.5, 0.6) is 0 Å². The lowest BCUT2D eigenvalue weighted by atomic mass is 9.97. The van der Waals surface area contributed by atoms with Crippen LogP contribution in [0.25, 0.3) is 0 Å². The van der Waals surface area contributed by atoms with Crippen molar-refractivity contribution in [1.29, 1.82) is 0 Å². The van der Waals surface area contributed by atoms with E-state index >= 15 is 0 Å². The molecule has 1 unspecified atom stereocenters. The van der Waals surface area contributed by atoms with Gasteiger partial charge in [-0.15, -0.1) is 0 Å². The van der Waals surface area contributed by atoms with Gasteiger partial charge in [0.25, 0.3) is 0 Å². The molecule has 0 saturated carbocycles. The summed E-state index contributed by atoms with van der Waals surface area (Å²) in [7, 11) is 0. The molecule has 0 saturated heterocycles. The third-order valence-corrected chi connectivity index (χ3v) is 2.61. The molecular formula is C13H24F3NO3. The van der Waals surface area contributed by atoms with Crippen LogP contribution in [0.3, 0.4) is 0 Å². The zero-order valence-electron chi connectivity index (χ0n) is 12.5. The number of carbonyl (C=O) groups excluding carboxylic acids is 1. The average Bonchev–Trinajstić information content (AvgIpc) is 2.26. The van der Waals surface area contributed by atoms with Crippen molar-refractivity contribution in [3.05, 3.63) is 0 Å². The van der Waals surface area contributed by atoms with Crippen LogP contribution >= 0.6 is 0 Å². The quantitative estimate of drug-likeness (QED) is 0.525. The van der Waals surface area contributed by atoms with Crippen LogP contribution in [0.2, 0.25) is 0 Å². The largest absolute Gasteiger partial charge is 0.465 e. The van der Waals surface area contributed by atoms with Gasteiger partial charge in [0, 0.05) is 12.6 Å². The van der Waals surface area contributed by atoms with Crippen LogP contribution in [0.15, 0.2) is 0 Å². The highest BCUT2D eigenvalue weighted by Crippen LogP contribution is 2.19. The smallest absolute Gasteiger partial charge is 0.391 e. The highest BCUT2D eigenvalue weighted by atomic mass is 19.4. The van der Waals surface area contributed by atoms with Gasteiger partial charge >= 0.3 is 12.1 Å². The summed E-state index contributed by atoms with van der Waals surface area (Å²) in [5.74, 6) is -0.423. The van der Waals surface area contributed by atoms with Crippen LogP contribution in [0.4, 0.5) is 13.2 Å². The first-order valence-electron chi connectivity index (χ1n) is 6.70. The molecule has 0 radical (unpaired) electrons. The van der Waals surface area contributed by atoms with E-state index in [1.165, 1.54) is 0 Å². The SMILES string of the molecule is CCOC(=O)C(C)(CCOCCC(F)(F)F)NC(C)C. The fourth-order valence-corrected chi connectivity index (χ4v) is 1.73. The normalized spacial score (nSPS) is 15.2. The summed E-state index contributed by atoms with van der Waals surface area (Å²) in [6.07, 6.45) is -4.96. The maximum absolute atomic E-state index is 12.0. The first kappa shape index (κ1) is 19.2. The van der Waals surface area contributed by atoms with E-state index in [-0.39, 0.29) is 25.7 Å². The average molecular weight is 299 g/mol. The zero-order valence-corrected chi connectivity index (χ0v) is 12.5. The van der Waals surface area contributed by atoms with Crippen molar-refractivity contribution in [2.45, 2.75) is 58.3 Å². The van der Waals surface area contributed by atoms with E-state index in [1.54, 1.807) is 13.8 Å². The zero-order chi connectivity index (χ0) is 15.8. The van der Waals surface area contributed by atoms with Gasteiger partial charge in [0.1, 0.15) is 5.54 Å². The van der Waals surface area contributed by atoms with Gasteiger partial charge in [-0.2, -0.15) is 13.2 Å². The number of hydrogen-bond donors (Lipinski definition) is 1. The molecule has 4 nitrogen and oxygen atoms in total. The number of halogens is 3. The molecule has 0 rings (SSSR count). The Labute approximate surface area is 118 Å². The Morgan fingerprint density at radius 1 is 1.20 bits per heavy atom. The van der Waals surface area contributed by atoms with E-state index in [9.17, 15) is 18.0 Å². The Bertz CT molecular complexity index is 295. The summed E-state index contributed by atoms with van der Waals surface area (Å²) in [4.78, 5) is 11.9. The summed E-state index contributed by atoms with van der Waals surface area (Å²) >= 11 is 0. The van der Waals surface area contributed by atoms with Gasteiger partial charge in [-0.1, -0.05) is 0 Å². The number of esters is 1. The highest BCUT2D eigenvalue weighted by molar-refractivity contribution is 5.80. The number of carbonyl (C=O) groups is 1. The van der Waals surface area contributed by atoms with Gasteiger partial charge in [0.2, 0.25) is 0 Å². The second kappa shape index (κ2) is 8.46. The summed E-state index contributed by atoms with van der Waals surface area (Å²) in [5, 5.41) is 3.07. The topological polar surface area (TPSA) is 47.6 Å². The van der Waals surface area contributed by atoms with Gasteiger partial charge in [0.05, 0.1) is 19.6 Å². The minimum Gasteiger partial charge on any atom is -0.465 e. The molecule has 0 fully saturated rings. The van der Waals surface area contributed by atoms with Crippen molar-refractivity contribution in [2.75, 3.05) is 19.8 Å². The van der Waals surface area contributed by atoms with Crippen LogP contribution in [0.1, 0.15) is 40.5 Å². The number of hydrogen-bond acceptors (Lipinski definition) is 4. The molecule has 0 heterocycles. The lowest BCUT2D eigenvalue weighted by Gasteiger charge is -2.30. The molecule has 0 aromatic heterocycles. The van der Waals surface area contributed by atoms with Crippen LogP contribution < -0.4 is 5.32 Å². The Balaban J connectivity index is 4.27. The Morgan fingerprint density at radius 2 is 1.75 bits per heavy atom. The maximum atomic E-state index is 12.0. The molecule has 120 valence electrons. The van der Waals surface area contributed by atoms with E-state index in [0.717, 1.165) is 0 Å². The lowest BCUT2D eigenvalue weighted by molar-refractivity contribution is -0.154. The van der Waals surface area contributed by atoms with Crippen LogP contribution in [-0.2, 0) is 14.3 Å². The third kappa shape index (κ3) is 8.37. The molecule has 1 N–H and O–H groups in total. The molecule has 1 atom stereocenters. The molecule has 0 aliphatic carbocycles. The minimum absolute atomic E-state index is 0.0413. The first-order chi connectivity index (χ1) is 9.10. The predicted octanol–water partition coefficient (Wildman–Crippen LogP) is 2.67. The summed E-state index contributed by atoms with van der Waals surface area (Å²) < 4.78 is 45.8. The third-order valence-electron chi connectivity index (χ3n) is 2.61. The Morgan fingerprint density at radius 3 is 2.20 bits per heavy atom. The maximum Gasteiger partial charge on any atom is 0.391 e. The summed E-state index contributed by atoms with van der Waals surface area (Å²) in [6, 6.07) is 0.0413. The lowest BCUT2D eigenvalue weighted by Crippen LogP contribution is -2.53. The van der Waals surface area contributed by atoms with E-state index < -0.39 is 30.7 Å². The van der Waals surface area contributed by atoms with Gasteiger partial charge in [-0.3, -0.25) is 10.1 Å². The van der Waals surface area contributed by atoms with E-state index in [0.29, 0.717) is 0 Å². The second-order valence-corrected chi connectivity index (χ2v) is 5.08. The number of alkyl halides is 3. The summed E-state index contributed by atoms with van der Waals surface area (Å²) in [5.41, 5.74) is -0.956. The Hall–Kier alpha value is -0.820. The number of rotatable bonds is 9. The van der Waals surface area contributed by atoms with Gasteiger partial charge in [-0.25, -0.2) is 0 Å². The molecule has 0 bridgehead atoms. The number of ether oxygens (including phenoxy) is 2. The monoisotopic (exact) mass is 299 g/mol. The molecule has 0 spiro atoms. The molecule has 0 aliphatic rings. The second-order valence-electron chi connectivity index (χ2n) is 5.08. The molecule has 20 heavy (non-hydrogen) atoms. The van der Waals surface area contributed by atoms with Crippen molar-refractivity contribution in [2.24, 2.45) is 0 Å². The van der Waals surface area contributed by atoms with Crippen molar-refractivity contribution in [3.8, 4) is 0 Å². The van der Waals surface area contributed by atoms with E-state index in [2.05, 4.69) is 5.32 Å². The van der Waals surface area contributed by atoms with Crippen LogP contribution in [-0.4, -0.2) is 43.5 Å². The van der Waals surface area contributed by atoms with Crippen molar-refractivity contribution >= 4 is 5.97 Å². The van der Waals surface area contributed by atoms with Gasteiger partial charge in [-0.05, 0) is 34.1 Å². The van der Waals surface area contributed by atoms with Gasteiger partial charge in [0.15, 0.2) is 0 Å². The number of nitrogens with one attached hydrogen (secondary N) is 1. The standard InChI is InChI=1S/C13H24F3NO3/c1-5-20-11(18)12(4,17-10(2)3)6-8-19-9-7-13(14,15)16/h10,17H,5-9H2,1-4H3. The fourth-order valence-electron chi connectivity index (χ4n) is 1.73. The van der Waals surface area contributed by atoms with Gasteiger partial charge < -0.3 is 9.47 Å². The van der Waals surface area contributed by atoms with E-state index in [4.69, 9.17) is 9.47 Å². The van der Waals surface area contributed by atoms with Crippen molar-refractivity contribution < 1.29 is 27.4 Å². The molecule has 7 heteroatoms. The van der Waals surface area contributed by atoms with Crippen molar-refractivity contribution in [3.63, 3.8) is 0 Å². The first-order valence-corrected chi connectivity index (χ1v) is 6.70. The molecule has 0 aliphatic heterocycles. The molecular weight excluding hydrogens is 275 g/mol. The summed E-state index contributed by atoms with van der Waals surface area (Å²) in [6.45, 7) is 7.04. The highest BCUT2D eigenvalue weighted by Gasteiger charge is 2.35. The van der Waals surface area contributed by atoms with E-state index in [1.807, 2.05) is 13.8 Å². The molecule has 0 aromatic carbocycles. The van der Waals surface area contributed by atoms with Crippen molar-refractivity contribution in [1.82, 2.24) is 5.32 Å².